The molecule has 1 aromatic heterocycles. The monoisotopic (exact) mass is 395 g/mol. The van der Waals surface area contributed by atoms with Gasteiger partial charge in [0.25, 0.3) is 0 Å². The molecule has 1 aliphatic heterocycles. The van der Waals surface area contributed by atoms with Gasteiger partial charge in [-0.1, -0.05) is 31.2 Å². The van der Waals surface area contributed by atoms with Crippen LogP contribution < -0.4 is 9.47 Å². The smallest absolute Gasteiger partial charge is 0.214 e. The Morgan fingerprint density at radius 3 is 2.63 bits per heavy atom. The van der Waals surface area contributed by atoms with Crippen LogP contribution in [-0.2, 0) is 13.0 Å². The van der Waals surface area contributed by atoms with Crippen LogP contribution in [0.5, 0.6) is 11.6 Å². The molecule has 0 unspecified atom stereocenters. The topological polar surface area (TPSA) is 48.4 Å². The van der Waals surface area contributed by atoms with Crippen molar-refractivity contribution in [1.82, 2.24) is 4.98 Å². The van der Waals surface area contributed by atoms with Crippen LogP contribution in [0.3, 0.4) is 0 Å². The minimum absolute atomic E-state index is 0.00599. The van der Waals surface area contributed by atoms with Gasteiger partial charge in [0.1, 0.15) is 12.4 Å². The van der Waals surface area contributed by atoms with E-state index in [1.807, 2.05) is 66.7 Å². The van der Waals surface area contributed by atoms with Crippen LogP contribution in [0.1, 0.15) is 34.0 Å². The van der Waals surface area contributed by atoms with Crippen LogP contribution in [0.25, 0.3) is 22.0 Å². The van der Waals surface area contributed by atoms with Gasteiger partial charge in [0.2, 0.25) is 5.88 Å². The lowest BCUT2D eigenvalue weighted by atomic mass is 9.95. The van der Waals surface area contributed by atoms with Gasteiger partial charge >= 0.3 is 0 Å². The third-order valence-electron chi connectivity index (χ3n) is 5.65. The number of ketones is 1. The molecule has 5 rings (SSSR count). The van der Waals surface area contributed by atoms with Gasteiger partial charge in [-0.3, -0.25) is 4.79 Å². The van der Waals surface area contributed by atoms with Crippen LogP contribution in [0.2, 0.25) is 0 Å². The van der Waals surface area contributed by atoms with E-state index in [1.165, 1.54) is 5.56 Å². The number of aryl methyl sites for hydroxylation is 1. The highest BCUT2D eigenvalue weighted by molar-refractivity contribution is 6.11. The first kappa shape index (κ1) is 18.4. The third kappa shape index (κ3) is 3.11. The van der Waals surface area contributed by atoms with Crippen molar-refractivity contribution in [2.45, 2.75) is 20.0 Å². The average Bonchev–Trinajstić information content (AvgIpc) is 2.80. The Labute approximate surface area is 175 Å². The number of carbonyl (C=O) groups excluding carboxylic acids is 1. The second-order valence-corrected chi connectivity index (χ2v) is 7.43. The summed E-state index contributed by atoms with van der Waals surface area (Å²) in [6.07, 6.45) is 0.885. The lowest BCUT2D eigenvalue weighted by molar-refractivity contribution is 0.103. The quantitative estimate of drug-likeness (QED) is 0.443. The van der Waals surface area contributed by atoms with E-state index in [1.54, 1.807) is 7.11 Å². The van der Waals surface area contributed by atoms with Crippen molar-refractivity contribution in [1.29, 1.82) is 0 Å². The molecule has 4 nitrogen and oxygen atoms in total. The van der Waals surface area contributed by atoms with Gasteiger partial charge in [0, 0.05) is 22.6 Å². The predicted octanol–water partition coefficient (Wildman–Crippen LogP) is 5.60. The van der Waals surface area contributed by atoms with Crippen molar-refractivity contribution in [2.24, 2.45) is 0 Å². The number of pyridine rings is 1. The number of rotatable bonds is 2. The fourth-order valence-electron chi connectivity index (χ4n) is 4.01. The van der Waals surface area contributed by atoms with E-state index in [2.05, 4.69) is 11.9 Å². The van der Waals surface area contributed by atoms with Crippen molar-refractivity contribution in [3.8, 4) is 22.8 Å². The maximum absolute atomic E-state index is 13.3. The molecule has 0 radical (unpaired) electrons. The maximum Gasteiger partial charge on any atom is 0.214 e. The zero-order valence-corrected chi connectivity index (χ0v) is 16.9. The molecule has 4 aromatic rings. The zero-order valence-electron chi connectivity index (χ0n) is 16.9. The molecule has 30 heavy (non-hydrogen) atoms. The molecule has 0 saturated heterocycles. The second kappa shape index (κ2) is 7.30. The standard InChI is InChI=1S/C26H21NO3/c1-3-16-7-8-18-11-20(16)15-30-21-6-4-5-17(12-21)22-14-25(29-2)27-24-10-9-19(26(18)28)13-23(22)24/h4-14H,3,15H2,1-2H3. The molecule has 6 bridgehead atoms. The van der Waals surface area contributed by atoms with Gasteiger partial charge in [-0.05, 0) is 65.1 Å². The lowest BCUT2D eigenvalue weighted by Crippen LogP contribution is -2.06. The minimum Gasteiger partial charge on any atom is -0.489 e. The molecule has 3 aromatic carbocycles. The van der Waals surface area contributed by atoms with Crippen LogP contribution >= 0.6 is 0 Å². The van der Waals surface area contributed by atoms with E-state index in [4.69, 9.17) is 9.47 Å². The SMILES string of the molecule is CCc1ccc2cc1COc1cccc(c1)-c1cc(OC)nc3ccc(cc13)C2=O. The summed E-state index contributed by atoms with van der Waals surface area (Å²) in [6, 6.07) is 21.4. The summed E-state index contributed by atoms with van der Waals surface area (Å²) >= 11 is 0. The Morgan fingerprint density at radius 2 is 1.80 bits per heavy atom. The van der Waals surface area contributed by atoms with Crippen LogP contribution in [0, 0.1) is 0 Å². The summed E-state index contributed by atoms with van der Waals surface area (Å²) in [6.45, 7) is 2.53. The van der Waals surface area contributed by atoms with Crippen molar-refractivity contribution in [2.75, 3.05) is 7.11 Å². The molecule has 0 aliphatic carbocycles. The fourth-order valence-corrected chi connectivity index (χ4v) is 4.01. The van der Waals surface area contributed by atoms with Gasteiger partial charge in [0.15, 0.2) is 5.78 Å². The first-order chi connectivity index (χ1) is 14.7. The minimum atomic E-state index is -0.00599. The molecule has 0 spiro atoms. The number of hydrogen-bond donors (Lipinski definition) is 0. The number of methoxy groups -OCH3 is 1. The van der Waals surface area contributed by atoms with Gasteiger partial charge in [-0.2, -0.15) is 0 Å². The molecule has 1 aliphatic rings. The molecular formula is C26H21NO3. The van der Waals surface area contributed by atoms with Gasteiger partial charge in [-0.25, -0.2) is 4.98 Å². The highest BCUT2D eigenvalue weighted by Gasteiger charge is 2.16. The largest absolute Gasteiger partial charge is 0.489 e. The molecule has 0 fully saturated rings. The van der Waals surface area contributed by atoms with Gasteiger partial charge in [0.05, 0.1) is 12.6 Å². The number of fused-ring (bicyclic) bond motifs is 6. The Morgan fingerprint density at radius 1 is 0.967 bits per heavy atom. The number of carbonyl (C=O) groups is 1. The van der Waals surface area contributed by atoms with Crippen LogP contribution in [0.4, 0.5) is 0 Å². The number of nitrogens with zero attached hydrogens (tertiary/aromatic N) is 1. The van der Waals surface area contributed by atoms with E-state index in [-0.39, 0.29) is 5.78 Å². The first-order valence-electron chi connectivity index (χ1n) is 10.0. The second-order valence-electron chi connectivity index (χ2n) is 7.43. The number of benzene rings is 3. The van der Waals surface area contributed by atoms with Gasteiger partial charge in [-0.15, -0.1) is 0 Å². The summed E-state index contributed by atoms with van der Waals surface area (Å²) in [5.74, 6) is 1.31. The Kier molecular flexibility index (Phi) is 4.47. The van der Waals surface area contributed by atoms with Crippen molar-refractivity contribution in [3.05, 3.63) is 89.0 Å². The number of hydrogen-bond acceptors (Lipinski definition) is 4. The van der Waals surface area contributed by atoms with Crippen LogP contribution in [0.15, 0.2) is 66.7 Å². The number of ether oxygens (including phenoxy) is 2. The van der Waals surface area contributed by atoms with E-state index in [9.17, 15) is 4.79 Å². The Balaban J connectivity index is 1.81. The summed E-state index contributed by atoms with van der Waals surface area (Å²) in [4.78, 5) is 17.9. The Bertz CT molecular complexity index is 1290. The molecule has 0 atom stereocenters. The normalized spacial score (nSPS) is 12.7. The molecule has 148 valence electrons. The molecule has 0 amide bonds. The summed E-state index contributed by atoms with van der Waals surface area (Å²) in [5.41, 5.74) is 6.26. The fraction of sp³-hybridized carbons (Fsp3) is 0.154. The molecule has 2 heterocycles. The molecule has 0 saturated carbocycles. The first-order valence-corrected chi connectivity index (χ1v) is 10.0. The van der Waals surface area contributed by atoms with Crippen molar-refractivity contribution < 1.29 is 14.3 Å². The molecular weight excluding hydrogens is 374 g/mol. The predicted molar refractivity (Wildman–Crippen MR) is 117 cm³/mol. The average molecular weight is 395 g/mol. The summed E-state index contributed by atoms with van der Waals surface area (Å²) in [5, 5.41) is 0.906. The van der Waals surface area contributed by atoms with E-state index >= 15 is 0 Å². The van der Waals surface area contributed by atoms with Crippen molar-refractivity contribution in [3.63, 3.8) is 0 Å². The van der Waals surface area contributed by atoms with Crippen molar-refractivity contribution >= 4 is 16.7 Å². The van der Waals surface area contributed by atoms with E-state index in [0.29, 0.717) is 23.6 Å². The highest BCUT2D eigenvalue weighted by atomic mass is 16.5. The lowest BCUT2D eigenvalue weighted by Gasteiger charge is -2.12. The molecule has 4 heteroatoms. The summed E-state index contributed by atoms with van der Waals surface area (Å²) in [7, 11) is 1.61. The highest BCUT2D eigenvalue weighted by Crippen LogP contribution is 2.34. The van der Waals surface area contributed by atoms with E-state index < -0.39 is 0 Å². The third-order valence-corrected chi connectivity index (χ3v) is 5.65. The van der Waals surface area contributed by atoms with Gasteiger partial charge < -0.3 is 9.47 Å². The van der Waals surface area contributed by atoms with Crippen LogP contribution in [-0.4, -0.2) is 17.9 Å². The summed E-state index contributed by atoms with van der Waals surface area (Å²) < 4.78 is 11.5. The van der Waals surface area contributed by atoms with E-state index in [0.717, 1.165) is 39.8 Å². The zero-order chi connectivity index (χ0) is 20.7. The molecule has 0 N–H and O–H groups in total. The maximum atomic E-state index is 13.3. The Hall–Kier alpha value is -3.66. The number of aromatic nitrogens is 1.